The van der Waals surface area contributed by atoms with Gasteiger partial charge in [-0.05, 0) is 11.4 Å². The second kappa shape index (κ2) is 3.25. The molecular weight excluding hydrogens is 209 g/mol. The Morgan fingerprint density at radius 3 is 2.62 bits per heavy atom. The van der Waals surface area contributed by atoms with E-state index in [-0.39, 0.29) is 0 Å². The Labute approximate surface area is 74.4 Å². The van der Waals surface area contributed by atoms with Crippen LogP contribution in [0, 0.1) is 0 Å². The summed E-state index contributed by atoms with van der Waals surface area (Å²) in [6, 6.07) is 0.960. The SMILES string of the molecule is O=C(O)c1sccc1OC(F)(F)F. The van der Waals surface area contributed by atoms with E-state index >= 15 is 0 Å². The second-order valence-corrected chi connectivity index (χ2v) is 2.88. The van der Waals surface area contributed by atoms with E-state index < -0.39 is 23.0 Å². The van der Waals surface area contributed by atoms with Crippen LogP contribution in [0.25, 0.3) is 0 Å². The molecule has 72 valence electrons. The van der Waals surface area contributed by atoms with E-state index in [0.717, 1.165) is 6.07 Å². The average molecular weight is 212 g/mol. The van der Waals surface area contributed by atoms with Crippen molar-refractivity contribution in [3.63, 3.8) is 0 Å². The van der Waals surface area contributed by atoms with Crippen molar-refractivity contribution in [3.05, 3.63) is 16.3 Å². The molecule has 0 radical (unpaired) electrons. The molecule has 0 saturated heterocycles. The van der Waals surface area contributed by atoms with E-state index in [2.05, 4.69) is 4.74 Å². The summed E-state index contributed by atoms with van der Waals surface area (Å²) in [6.45, 7) is 0. The Bertz CT molecular complexity index is 317. The molecule has 0 aromatic carbocycles. The average Bonchev–Trinajstić information content (AvgIpc) is 2.31. The molecule has 0 unspecified atom stereocenters. The maximum absolute atomic E-state index is 11.7. The monoisotopic (exact) mass is 212 g/mol. The third kappa shape index (κ3) is 2.62. The van der Waals surface area contributed by atoms with Crippen molar-refractivity contribution < 1.29 is 27.8 Å². The highest BCUT2D eigenvalue weighted by Crippen LogP contribution is 2.30. The number of ether oxygens (including phenoxy) is 1. The zero-order chi connectivity index (χ0) is 10.1. The Balaban J connectivity index is 2.89. The fourth-order valence-corrected chi connectivity index (χ4v) is 1.31. The van der Waals surface area contributed by atoms with Gasteiger partial charge in [-0.25, -0.2) is 4.79 Å². The molecule has 1 aromatic heterocycles. The van der Waals surface area contributed by atoms with Gasteiger partial charge in [0.1, 0.15) is 0 Å². The highest BCUT2D eigenvalue weighted by molar-refractivity contribution is 7.12. The number of aromatic carboxylic acids is 1. The first-order chi connectivity index (χ1) is 5.90. The summed E-state index contributed by atoms with van der Waals surface area (Å²) < 4.78 is 38.4. The van der Waals surface area contributed by atoms with Crippen LogP contribution in [-0.2, 0) is 0 Å². The minimum atomic E-state index is -4.86. The van der Waals surface area contributed by atoms with Crippen molar-refractivity contribution >= 4 is 17.3 Å². The smallest absolute Gasteiger partial charge is 0.477 e. The Hall–Kier alpha value is -1.24. The summed E-state index contributed by atoms with van der Waals surface area (Å²) in [7, 11) is 0. The zero-order valence-electron chi connectivity index (χ0n) is 5.96. The Kier molecular flexibility index (Phi) is 2.46. The predicted octanol–water partition coefficient (Wildman–Crippen LogP) is 2.34. The molecule has 13 heavy (non-hydrogen) atoms. The standard InChI is InChI=1S/C6H3F3O3S/c7-6(8,9)12-3-1-2-13-4(3)5(10)11/h1-2H,(H,10,11). The van der Waals surface area contributed by atoms with Gasteiger partial charge in [0.25, 0.3) is 0 Å². The number of halogens is 3. The van der Waals surface area contributed by atoms with Gasteiger partial charge < -0.3 is 9.84 Å². The third-order valence-corrected chi connectivity index (χ3v) is 1.93. The number of hydrogen-bond donors (Lipinski definition) is 1. The molecule has 1 N–H and O–H groups in total. The molecule has 1 heterocycles. The molecule has 0 bridgehead atoms. The van der Waals surface area contributed by atoms with Crippen LogP contribution in [-0.4, -0.2) is 17.4 Å². The molecule has 0 saturated carbocycles. The van der Waals surface area contributed by atoms with E-state index in [1.807, 2.05) is 0 Å². The number of alkyl halides is 3. The van der Waals surface area contributed by atoms with Gasteiger partial charge in [0.2, 0.25) is 0 Å². The van der Waals surface area contributed by atoms with Gasteiger partial charge in [0.05, 0.1) is 0 Å². The van der Waals surface area contributed by atoms with E-state index in [0.29, 0.717) is 11.3 Å². The third-order valence-electron chi connectivity index (χ3n) is 1.05. The van der Waals surface area contributed by atoms with Crippen LogP contribution in [0.5, 0.6) is 5.75 Å². The predicted molar refractivity (Wildman–Crippen MR) is 38.0 cm³/mol. The van der Waals surface area contributed by atoms with Crippen LogP contribution in [0.3, 0.4) is 0 Å². The molecule has 0 aliphatic carbocycles. The molecule has 0 spiro atoms. The number of carboxylic acids is 1. The fourth-order valence-electron chi connectivity index (χ4n) is 0.658. The largest absolute Gasteiger partial charge is 0.573 e. The minimum Gasteiger partial charge on any atom is -0.477 e. The molecule has 0 atom stereocenters. The lowest BCUT2D eigenvalue weighted by molar-refractivity contribution is -0.274. The van der Waals surface area contributed by atoms with Crippen molar-refractivity contribution in [2.24, 2.45) is 0 Å². The lowest BCUT2D eigenvalue weighted by atomic mass is 10.4. The van der Waals surface area contributed by atoms with E-state index in [4.69, 9.17) is 5.11 Å². The molecular formula is C6H3F3O3S. The summed E-state index contributed by atoms with van der Waals surface area (Å²) in [5.41, 5.74) is 0. The topological polar surface area (TPSA) is 46.5 Å². The van der Waals surface area contributed by atoms with Gasteiger partial charge in [0, 0.05) is 0 Å². The first kappa shape index (κ1) is 9.85. The quantitative estimate of drug-likeness (QED) is 0.818. The number of carboxylic acid groups (broad SMARTS) is 1. The van der Waals surface area contributed by atoms with Crippen LogP contribution in [0.2, 0.25) is 0 Å². The molecule has 0 fully saturated rings. The molecule has 7 heteroatoms. The van der Waals surface area contributed by atoms with Crippen molar-refractivity contribution in [3.8, 4) is 5.75 Å². The van der Waals surface area contributed by atoms with Gasteiger partial charge in [-0.3, -0.25) is 0 Å². The summed E-state index contributed by atoms with van der Waals surface area (Å²) in [6.07, 6.45) is -4.86. The van der Waals surface area contributed by atoms with Crippen LogP contribution in [0.1, 0.15) is 9.67 Å². The maximum Gasteiger partial charge on any atom is 0.573 e. The lowest BCUT2D eigenvalue weighted by Gasteiger charge is -2.07. The molecule has 0 aliphatic heterocycles. The molecule has 1 aromatic rings. The summed E-state index contributed by atoms with van der Waals surface area (Å²) in [4.78, 5) is 9.87. The van der Waals surface area contributed by atoms with Crippen molar-refractivity contribution in [1.29, 1.82) is 0 Å². The normalized spacial score (nSPS) is 11.3. The van der Waals surface area contributed by atoms with Gasteiger partial charge >= 0.3 is 12.3 Å². The number of carbonyl (C=O) groups is 1. The lowest BCUT2D eigenvalue weighted by Crippen LogP contribution is -2.18. The minimum absolute atomic E-state index is 0.461. The highest BCUT2D eigenvalue weighted by Gasteiger charge is 2.33. The molecule has 3 nitrogen and oxygen atoms in total. The van der Waals surface area contributed by atoms with Crippen LogP contribution >= 0.6 is 11.3 Å². The van der Waals surface area contributed by atoms with Gasteiger partial charge in [-0.15, -0.1) is 24.5 Å². The molecule has 1 rings (SSSR count). The summed E-state index contributed by atoms with van der Waals surface area (Å²) in [5.74, 6) is -2.11. The van der Waals surface area contributed by atoms with Crippen LogP contribution in [0.4, 0.5) is 13.2 Å². The molecule has 0 aliphatic rings. The first-order valence-corrected chi connectivity index (χ1v) is 3.84. The second-order valence-electron chi connectivity index (χ2n) is 1.97. The van der Waals surface area contributed by atoms with Gasteiger partial charge in [-0.2, -0.15) is 0 Å². The van der Waals surface area contributed by atoms with E-state index in [9.17, 15) is 18.0 Å². The van der Waals surface area contributed by atoms with Crippen molar-refractivity contribution in [2.45, 2.75) is 6.36 Å². The number of rotatable bonds is 2. The van der Waals surface area contributed by atoms with E-state index in [1.54, 1.807) is 0 Å². The summed E-state index contributed by atoms with van der Waals surface area (Å²) in [5, 5.41) is 9.63. The van der Waals surface area contributed by atoms with Crippen LogP contribution in [0.15, 0.2) is 11.4 Å². The maximum atomic E-state index is 11.7. The van der Waals surface area contributed by atoms with Gasteiger partial charge in [0.15, 0.2) is 10.6 Å². The van der Waals surface area contributed by atoms with Gasteiger partial charge in [-0.1, -0.05) is 0 Å². The Morgan fingerprint density at radius 1 is 1.54 bits per heavy atom. The fraction of sp³-hybridized carbons (Fsp3) is 0.167. The van der Waals surface area contributed by atoms with Crippen molar-refractivity contribution in [2.75, 3.05) is 0 Å². The van der Waals surface area contributed by atoms with Crippen LogP contribution < -0.4 is 4.74 Å². The molecule has 0 amide bonds. The van der Waals surface area contributed by atoms with E-state index in [1.165, 1.54) is 5.38 Å². The summed E-state index contributed by atoms with van der Waals surface area (Å²) >= 11 is 0.674. The van der Waals surface area contributed by atoms with Crippen molar-refractivity contribution in [1.82, 2.24) is 0 Å². The number of hydrogen-bond acceptors (Lipinski definition) is 3. The first-order valence-electron chi connectivity index (χ1n) is 2.96. The number of thiophene rings is 1. The Morgan fingerprint density at radius 2 is 2.15 bits per heavy atom. The highest BCUT2D eigenvalue weighted by atomic mass is 32.1. The zero-order valence-corrected chi connectivity index (χ0v) is 6.78.